The molecule has 6 nitrogen and oxygen atoms in total. The smallest absolute Gasteiger partial charge is 0.247 e. The van der Waals surface area contributed by atoms with Crippen molar-refractivity contribution in [2.24, 2.45) is 0 Å². The molecule has 18 heavy (non-hydrogen) atoms. The molecular weight excluding hydrogens is 232 g/mol. The predicted octanol–water partition coefficient (Wildman–Crippen LogP) is 0.135. The van der Waals surface area contributed by atoms with Crippen LogP contribution in [0.2, 0.25) is 0 Å². The topological polar surface area (TPSA) is 58.4 Å². The molecule has 1 aromatic rings. The van der Waals surface area contributed by atoms with Crippen LogP contribution in [0, 0.1) is 0 Å². The highest BCUT2D eigenvalue weighted by Crippen LogP contribution is 2.11. The Morgan fingerprint density at radius 1 is 1.17 bits per heavy atom. The molecule has 1 unspecified atom stereocenters. The highest BCUT2D eigenvalue weighted by Gasteiger charge is 2.26. The molecule has 6 heteroatoms. The molecule has 2 rings (SSSR count). The summed E-state index contributed by atoms with van der Waals surface area (Å²) in [6, 6.07) is 1.51. The lowest BCUT2D eigenvalue weighted by Crippen LogP contribution is -2.51. The van der Waals surface area contributed by atoms with Crippen molar-refractivity contribution >= 4 is 11.8 Å². The third-order valence-corrected chi connectivity index (χ3v) is 3.32. The van der Waals surface area contributed by atoms with Crippen LogP contribution in [-0.4, -0.2) is 57.6 Å². The van der Waals surface area contributed by atoms with Gasteiger partial charge in [0.05, 0.1) is 0 Å². The summed E-state index contributed by atoms with van der Waals surface area (Å²) in [5.74, 6) is 0.129. The summed E-state index contributed by atoms with van der Waals surface area (Å²) in [6.07, 6.45) is 3.45. The fourth-order valence-electron chi connectivity index (χ4n) is 2.13. The lowest BCUT2D eigenvalue weighted by atomic mass is 10.2. The Labute approximate surface area is 106 Å². The van der Waals surface area contributed by atoms with Crippen molar-refractivity contribution in [3.8, 4) is 0 Å². The van der Waals surface area contributed by atoms with Crippen LogP contribution in [0.4, 0.5) is 0 Å². The first kappa shape index (κ1) is 12.6. The largest absolute Gasteiger partial charge is 0.339 e. The number of carbonyl (C=O) groups is 2. The van der Waals surface area contributed by atoms with Crippen molar-refractivity contribution in [3.05, 3.63) is 18.5 Å². The number of carbonyl (C=O) groups excluding carboxylic acids is 2. The molecule has 0 bridgehead atoms. The van der Waals surface area contributed by atoms with E-state index in [9.17, 15) is 9.59 Å². The van der Waals surface area contributed by atoms with Gasteiger partial charge in [0.2, 0.25) is 11.8 Å². The molecule has 0 N–H and O–H groups in total. The Kier molecular flexibility index (Phi) is 3.64. The summed E-state index contributed by atoms with van der Waals surface area (Å²) >= 11 is 0. The Hall–Kier alpha value is -1.85. The maximum Gasteiger partial charge on any atom is 0.247 e. The van der Waals surface area contributed by atoms with Crippen molar-refractivity contribution in [3.63, 3.8) is 0 Å². The average Bonchev–Trinajstić information content (AvgIpc) is 2.91. The minimum atomic E-state index is -0.288. The molecule has 2 heterocycles. The lowest BCUT2D eigenvalue weighted by Gasteiger charge is -2.35. The van der Waals surface area contributed by atoms with E-state index in [1.54, 1.807) is 39.9 Å². The number of piperazine rings is 1. The SMILES string of the molecule is CC(=O)N1CCN(C(=O)C(C)n2cccn2)CC1. The van der Waals surface area contributed by atoms with E-state index in [1.807, 2.05) is 6.92 Å². The molecule has 0 saturated carbocycles. The van der Waals surface area contributed by atoms with E-state index in [1.165, 1.54) is 0 Å². The highest BCUT2D eigenvalue weighted by atomic mass is 16.2. The number of nitrogens with zero attached hydrogens (tertiary/aromatic N) is 4. The van der Waals surface area contributed by atoms with Crippen LogP contribution < -0.4 is 0 Å². The second-order valence-electron chi connectivity index (χ2n) is 4.49. The normalized spacial score (nSPS) is 17.7. The Balaban J connectivity index is 1.93. The number of aromatic nitrogens is 2. The van der Waals surface area contributed by atoms with Crippen LogP contribution >= 0.6 is 0 Å². The van der Waals surface area contributed by atoms with Crippen LogP contribution in [0.1, 0.15) is 19.9 Å². The van der Waals surface area contributed by atoms with Crippen LogP contribution in [0.25, 0.3) is 0 Å². The zero-order valence-corrected chi connectivity index (χ0v) is 10.7. The number of hydrogen-bond acceptors (Lipinski definition) is 3. The zero-order valence-electron chi connectivity index (χ0n) is 10.7. The molecule has 1 fully saturated rings. The van der Waals surface area contributed by atoms with E-state index in [0.29, 0.717) is 26.2 Å². The molecule has 1 aliphatic rings. The second-order valence-corrected chi connectivity index (χ2v) is 4.49. The van der Waals surface area contributed by atoms with Gasteiger partial charge in [-0.05, 0) is 13.0 Å². The fraction of sp³-hybridized carbons (Fsp3) is 0.583. The fourth-order valence-corrected chi connectivity index (χ4v) is 2.13. The standard InChI is InChI=1S/C12H18N4O2/c1-10(16-5-3-4-13-16)12(18)15-8-6-14(7-9-15)11(2)17/h3-5,10H,6-9H2,1-2H3. The van der Waals surface area contributed by atoms with Crippen LogP contribution in [0.3, 0.4) is 0 Å². The summed E-state index contributed by atoms with van der Waals surface area (Å²) in [6.45, 7) is 5.84. The van der Waals surface area contributed by atoms with Crippen molar-refractivity contribution in [2.75, 3.05) is 26.2 Å². The minimum absolute atomic E-state index is 0.0573. The molecule has 0 spiro atoms. The second kappa shape index (κ2) is 5.20. The molecule has 0 aliphatic carbocycles. The van der Waals surface area contributed by atoms with E-state index in [-0.39, 0.29) is 17.9 Å². The number of amides is 2. The van der Waals surface area contributed by atoms with Gasteiger partial charge in [-0.15, -0.1) is 0 Å². The third-order valence-electron chi connectivity index (χ3n) is 3.32. The minimum Gasteiger partial charge on any atom is -0.339 e. The van der Waals surface area contributed by atoms with E-state index in [2.05, 4.69) is 5.10 Å². The molecule has 98 valence electrons. The molecule has 1 aromatic heterocycles. The van der Waals surface area contributed by atoms with Gasteiger partial charge >= 0.3 is 0 Å². The van der Waals surface area contributed by atoms with Crippen LogP contribution in [0.15, 0.2) is 18.5 Å². The molecule has 1 saturated heterocycles. The van der Waals surface area contributed by atoms with E-state index in [0.717, 1.165) is 0 Å². The maximum absolute atomic E-state index is 12.2. The van der Waals surface area contributed by atoms with Crippen molar-refractivity contribution in [2.45, 2.75) is 19.9 Å². The summed E-state index contributed by atoms with van der Waals surface area (Å²) in [4.78, 5) is 27.0. The summed E-state index contributed by atoms with van der Waals surface area (Å²) < 4.78 is 1.65. The van der Waals surface area contributed by atoms with Gasteiger partial charge in [-0.3, -0.25) is 14.3 Å². The van der Waals surface area contributed by atoms with Crippen molar-refractivity contribution in [1.82, 2.24) is 19.6 Å². The van der Waals surface area contributed by atoms with Crippen LogP contribution in [-0.2, 0) is 9.59 Å². The average molecular weight is 250 g/mol. The quantitative estimate of drug-likeness (QED) is 0.750. The Morgan fingerprint density at radius 3 is 2.28 bits per heavy atom. The van der Waals surface area contributed by atoms with Crippen LogP contribution in [0.5, 0.6) is 0 Å². The van der Waals surface area contributed by atoms with Gasteiger partial charge in [0, 0.05) is 45.5 Å². The van der Waals surface area contributed by atoms with Gasteiger partial charge in [-0.25, -0.2) is 0 Å². The van der Waals surface area contributed by atoms with Gasteiger partial charge in [0.25, 0.3) is 0 Å². The Bertz CT molecular complexity index is 421. The highest BCUT2D eigenvalue weighted by molar-refractivity contribution is 5.80. The molecule has 0 aromatic carbocycles. The Morgan fingerprint density at radius 2 is 1.78 bits per heavy atom. The van der Waals surface area contributed by atoms with Gasteiger partial charge in [-0.2, -0.15) is 5.10 Å². The molecule has 1 atom stereocenters. The van der Waals surface area contributed by atoms with Crippen molar-refractivity contribution < 1.29 is 9.59 Å². The predicted molar refractivity (Wildman–Crippen MR) is 65.8 cm³/mol. The van der Waals surface area contributed by atoms with Crippen molar-refractivity contribution in [1.29, 1.82) is 0 Å². The first-order valence-electron chi connectivity index (χ1n) is 6.13. The summed E-state index contributed by atoms with van der Waals surface area (Å²) in [5.41, 5.74) is 0. The van der Waals surface area contributed by atoms with Gasteiger partial charge in [0.1, 0.15) is 6.04 Å². The lowest BCUT2D eigenvalue weighted by molar-refractivity contribution is -0.140. The zero-order chi connectivity index (χ0) is 13.1. The molecule has 0 radical (unpaired) electrons. The molecular formula is C12H18N4O2. The first-order chi connectivity index (χ1) is 8.59. The van der Waals surface area contributed by atoms with Gasteiger partial charge in [0.15, 0.2) is 0 Å². The van der Waals surface area contributed by atoms with Gasteiger partial charge < -0.3 is 9.80 Å². The first-order valence-corrected chi connectivity index (χ1v) is 6.13. The third kappa shape index (κ3) is 2.52. The van der Waals surface area contributed by atoms with E-state index >= 15 is 0 Å². The summed E-state index contributed by atoms with van der Waals surface area (Å²) in [7, 11) is 0. The molecule has 2 amide bonds. The molecule has 1 aliphatic heterocycles. The monoisotopic (exact) mass is 250 g/mol. The van der Waals surface area contributed by atoms with E-state index < -0.39 is 0 Å². The number of rotatable bonds is 2. The van der Waals surface area contributed by atoms with E-state index in [4.69, 9.17) is 0 Å². The summed E-state index contributed by atoms with van der Waals surface area (Å²) in [5, 5.41) is 4.08. The van der Waals surface area contributed by atoms with Gasteiger partial charge in [-0.1, -0.05) is 0 Å². The maximum atomic E-state index is 12.2. The number of hydrogen-bond donors (Lipinski definition) is 0.